The van der Waals surface area contributed by atoms with Gasteiger partial charge in [-0.25, -0.2) is 0 Å². The molecule has 0 radical (unpaired) electrons. The molecule has 1 unspecified atom stereocenters. The third-order valence-corrected chi connectivity index (χ3v) is 6.81. The van der Waals surface area contributed by atoms with E-state index in [1.54, 1.807) is 0 Å². The van der Waals surface area contributed by atoms with Gasteiger partial charge in [0.2, 0.25) is 0 Å². The predicted octanol–water partition coefficient (Wildman–Crippen LogP) is 5.99. The van der Waals surface area contributed by atoms with E-state index in [1.165, 1.54) is 16.7 Å². The van der Waals surface area contributed by atoms with Crippen molar-refractivity contribution in [2.24, 2.45) is 0 Å². The molecular weight excluding hydrogens is 446 g/mol. The van der Waals surface area contributed by atoms with Crippen LogP contribution in [0.2, 0.25) is 0 Å². The Morgan fingerprint density at radius 2 is 1.67 bits per heavy atom. The summed E-state index contributed by atoms with van der Waals surface area (Å²) in [6, 6.07) is 27.8. The molecule has 3 aromatic heterocycles. The maximum absolute atomic E-state index is 6.26. The van der Waals surface area contributed by atoms with Crippen LogP contribution in [0.5, 0.6) is 0 Å². The molecule has 0 aliphatic heterocycles. The number of rotatable bonds is 8. The molecule has 36 heavy (non-hydrogen) atoms. The van der Waals surface area contributed by atoms with E-state index in [0.29, 0.717) is 12.6 Å². The fourth-order valence-corrected chi connectivity index (χ4v) is 4.98. The second-order valence-corrected chi connectivity index (χ2v) is 9.29. The summed E-state index contributed by atoms with van der Waals surface area (Å²) in [6.45, 7) is 2.25. The maximum Gasteiger partial charge on any atom is 0.299 e. The van der Waals surface area contributed by atoms with Crippen molar-refractivity contribution in [1.82, 2.24) is 20.3 Å². The van der Waals surface area contributed by atoms with E-state index < -0.39 is 0 Å². The summed E-state index contributed by atoms with van der Waals surface area (Å²) in [5, 5.41) is 3.48. The molecule has 0 fully saturated rings. The second kappa shape index (κ2) is 10.3. The molecular formula is C30H29N5O. The number of anilines is 1. The fraction of sp³-hybridized carbons (Fsp3) is 0.233. The Bertz CT molecular complexity index is 1400. The molecule has 0 bridgehead atoms. The molecule has 1 atom stereocenters. The van der Waals surface area contributed by atoms with Crippen LogP contribution in [0.15, 0.2) is 95.7 Å². The monoisotopic (exact) mass is 475 g/mol. The third kappa shape index (κ3) is 4.86. The highest BCUT2D eigenvalue weighted by Gasteiger charge is 2.30. The summed E-state index contributed by atoms with van der Waals surface area (Å²) in [6.07, 6.45) is 6.95. The predicted molar refractivity (Wildman–Crippen MR) is 141 cm³/mol. The van der Waals surface area contributed by atoms with Crippen molar-refractivity contribution < 1.29 is 4.42 Å². The van der Waals surface area contributed by atoms with Gasteiger partial charge in [-0.3, -0.25) is 9.97 Å². The smallest absolute Gasteiger partial charge is 0.299 e. The molecule has 6 heteroatoms. The van der Waals surface area contributed by atoms with Crippen molar-refractivity contribution in [3.05, 3.63) is 119 Å². The van der Waals surface area contributed by atoms with Crippen LogP contribution >= 0.6 is 0 Å². The molecule has 0 spiro atoms. The van der Waals surface area contributed by atoms with Gasteiger partial charge in [-0.05, 0) is 66.3 Å². The standard InChI is InChI=1S/C30H29N5O/c1-2-12-28-26(10-1)34-30(36-28)35(27-11-5-7-24-8-6-18-33-29(24)27)21-23-15-13-22(14-16-23)19-31-20-25-9-3-4-17-32-25/h1-4,6,8-10,12-18,27,31H,5,7,11,19-21H2. The van der Waals surface area contributed by atoms with E-state index in [1.807, 2.05) is 60.9 Å². The first kappa shape index (κ1) is 22.4. The molecule has 0 saturated carbocycles. The summed E-state index contributed by atoms with van der Waals surface area (Å²) in [5.74, 6) is 0. The van der Waals surface area contributed by atoms with E-state index in [0.717, 1.165) is 54.8 Å². The lowest BCUT2D eigenvalue weighted by molar-refractivity contribution is 0.460. The Balaban J connectivity index is 1.23. The number of para-hydroxylation sites is 2. The Labute approximate surface area is 211 Å². The highest BCUT2D eigenvalue weighted by Crippen LogP contribution is 2.37. The summed E-state index contributed by atoms with van der Waals surface area (Å²) >= 11 is 0. The Hall–Kier alpha value is -4.03. The molecule has 6 rings (SSSR count). The molecule has 2 aromatic carbocycles. The van der Waals surface area contributed by atoms with Crippen LogP contribution < -0.4 is 10.2 Å². The molecule has 3 heterocycles. The number of fused-ring (bicyclic) bond motifs is 2. The van der Waals surface area contributed by atoms with Crippen LogP contribution in [0.4, 0.5) is 6.01 Å². The number of aryl methyl sites for hydroxylation is 1. The zero-order chi connectivity index (χ0) is 24.2. The van der Waals surface area contributed by atoms with Crippen molar-refractivity contribution in [2.75, 3.05) is 4.90 Å². The minimum atomic E-state index is 0.128. The summed E-state index contributed by atoms with van der Waals surface area (Å²) in [5.41, 5.74) is 7.66. The Morgan fingerprint density at radius 1 is 0.833 bits per heavy atom. The van der Waals surface area contributed by atoms with Gasteiger partial charge in [0.1, 0.15) is 5.52 Å². The van der Waals surface area contributed by atoms with Gasteiger partial charge in [0.05, 0.1) is 17.4 Å². The van der Waals surface area contributed by atoms with Crippen LogP contribution in [0, 0.1) is 0 Å². The van der Waals surface area contributed by atoms with Gasteiger partial charge in [0.25, 0.3) is 6.01 Å². The number of nitrogens with zero attached hydrogens (tertiary/aromatic N) is 4. The average Bonchev–Trinajstić information content (AvgIpc) is 3.37. The van der Waals surface area contributed by atoms with E-state index in [-0.39, 0.29) is 6.04 Å². The molecule has 180 valence electrons. The highest BCUT2D eigenvalue weighted by molar-refractivity contribution is 5.74. The lowest BCUT2D eigenvalue weighted by atomic mass is 9.90. The number of nitrogens with one attached hydrogen (secondary N) is 1. The van der Waals surface area contributed by atoms with Crippen molar-refractivity contribution in [3.63, 3.8) is 0 Å². The van der Waals surface area contributed by atoms with Crippen molar-refractivity contribution >= 4 is 17.1 Å². The molecule has 6 nitrogen and oxygen atoms in total. The van der Waals surface area contributed by atoms with Crippen molar-refractivity contribution in [1.29, 1.82) is 0 Å². The van der Waals surface area contributed by atoms with E-state index >= 15 is 0 Å². The molecule has 5 aromatic rings. The number of hydrogen-bond acceptors (Lipinski definition) is 6. The third-order valence-electron chi connectivity index (χ3n) is 6.81. The molecule has 0 saturated heterocycles. The van der Waals surface area contributed by atoms with E-state index in [9.17, 15) is 0 Å². The number of hydrogen-bond donors (Lipinski definition) is 1. The SMILES string of the molecule is c1ccc(CNCc2ccc(CN(c3nc4ccccc4o3)C3CCCc4cccnc43)cc2)nc1. The van der Waals surface area contributed by atoms with Gasteiger partial charge in [-0.1, -0.05) is 48.5 Å². The van der Waals surface area contributed by atoms with E-state index in [2.05, 4.69) is 45.5 Å². The van der Waals surface area contributed by atoms with Crippen LogP contribution in [-0.2, 0) is 26.1 Å². The van der Waals surface area contributed by atoms with Crippen LogP contribution in [-0.4, -0.2) is 15.0 Å². The quantitative estimate of drug-likeness (QED) is 0.297. The molecule has 0 amide bonds. The largest absolute Gasteiger partial charge is 0.423 e. The Morgan fingerprint density at radius 3 is 2.53 bits per heavy atom. The van der Waals surface area contributed by atoms with Crippen LogP contribution in [0.3, 0.4) is 0 Å². The number of benzene rings is 2. The van der Waals surface area contributed by atoms with Crippen molar-refractivity contribution in [2.45, 2.75) is 44.9 Å². The molecule has 1 aliphatic carbocycles. The first-order chi connectivity index (χ1) is 17.8. The summed E-state index contributed by atoms with van der Waals surface area (Å²) < 4.78 is 6.26. The van der Waals surface area contributed by atoms with E-state index in [4.69, 9.17) is 14.4 Å². The Kier molecular flexibility index (Phi) is 6.42. The van der Waals surface area contributed by atoms with Gasteiger partial charge in [0.15, 0.2) is 5.58 Å². The maximum atomic E-state index is 6.26. The zero-order valence-corrected chi connectivity index (χ0v) is 20.2. The molecule has 1 aliphatic rings. The first-order valence-corrected chi connectivity index (χ1v) is 12.6. The number of oxazole rings is 1. The minimum absolute atomic E-state index is 0.128. The minimum Gasteiger partial charge on any atom is -0.423 e. The summed E-state index contributed by atoms with van der Waals surface area (Å²) in [4.78, 5) is 16.3. The number of pyridine rings is 2. The van der Waals surface area contributed by atoms with Crippen LogP contribution in [0.25, 0.3) is 11.1 Å². The van der Waals surface area contributed by atoms with Crippen LogP contribution in [0.1, 0.15) is 47.0 Å². The zero-order valence-electron chi connectivity index (χ0n) is 20.2. The lowest BCUT2D eigenvalue weighted by Crippen LogP contribution is -2.32. The lowest BCUT2D eigenvalue weighted by Gasteiger charge is -2.34. The van der Waals surface area contributed by atoms with Gasteiger partial charge >= 0.3 is 0 Å². The van der Waals surface area contributed by atoms with Gasteiger partial charge in [0, 0.05) is 32.0 Å². The van der Waals surface area contributed by atoms with Crippen molar-refractivity contribution in [3.8, 4) is 0 Å². The summed E-state index contributed by atoms with van der Waals surface area (Å²) in [7, 11) is 0. The average molecular weight is 476 g/mol. The van der Waals surface area contributed by atoms with Gasteiger partial charge in [-0.15, -0.1) is 0 Å². The highest BCUT2D eigenvalue weighted by atomic mass is 16.4. The second-order valence-electron chi connectivity index (χ2n) is 9.29. The van der Waals surface area contributed by atoms with Gasteiger partial charge in [-0.2, -0.15) is 4.98 Å². The number of aromatic nitrogens is 3. The fourth-order valence-electron chi connectivity index (χ4n) is 4.98. The first-order valence-electron chi connectivity index (χ1n) is 12.6. The normalized spacial score (nSPS) is 15.1. The molecule has 1 N–H and O–H groups in total. The van der Waals surface area contributed by atoms with Gasteiger partial charge < -0.3 is 14.6 Å². The topological polar surface area (TPSA) is 67.1 Å².